The molecule has 7 heteroatoms. The molecule has 130 valence electrons. The molecular weight excluding hydrogens is 312 g/mol. The second-order valence-corrected chi connectivity index (χ2v) is 5.78. The van der Waals surface area contributed by atoms with E-state index in [1.54, 1.807) is 25.1 Å². The fourth-order valence-electron chi connectivity index (χ4n) is 2.48. The second kappa shape index (κ2) is 7.44. The summed E-state index contributed by atoms with van der Waals surface area (Å²) >= 11 is 0. The Hall–Kier alpha value is -2.41. The predicted molar refractivity (Wildman–Crippen MR) is 88.2 cm³/mol. The average Bonchev–Trinajstić information content (AvgIpc) is 2.56. The summed E-state index contributed by atoms with van der Waals surface area (Å²) in [6, 6.07) is 4.45. The molecule has 24 heavy (non-hydrogen) atoms. The van der Waals surface area contributed by atoms with Crippen LogP contribution in [0.4, 0.5) is 5.69 Å². The SMILES string of the molecule is CCC(CO)NC(=O)CN1C(=O)C(C)Oc2ccc(C(C)=O)cc21. The number of rotatable bonds is 6. The number of carbonyl (C=O) groups excluding carboxylic acids is 3. The molecule has 1 aliphatic heterocycles. The molecule has 0 aromatic heterocycles. The van der Waals surface area contributed by atoms with E-state index in [1.807, 2.05) is 6.92 Å². The minimum Gasteiger partial charge on any atom is -0.479 e. The van der Waals surface area contributed by atoms with Gasteiger partial charge < -0.3 is 15.2 Å². The molecule has 0 fully saturated rings. The lowest BCUT2D eigenvalue weighted by atomic mass is 10.1. The third-order valence-electron chi connectivity index (χ3n) is 3.95. The summed E-state index contributed by atoms with van der Waals surface area (Å²) in [5.74, 6) is -0.415. The maximum absolute atomic E-state index is 12.4. The van der Waals surface area contributed by atoms with Gasteiger partial charge in [0.15, 0.2) is 11.9 Å². The summed E-state index contributed by atoms with van der Waals surface area (Å²) in [7, 11) is 0. The van der Waals surface area contributed by atoms with Gasteiger partial charge in [0, 0.05) is 5.56 Å². The predicted octanol–water partition coefficient (Wildman–Crippen LogP) is 0.890. The maximum atomic E-state index is 12.4. The number of aliphatic hydroxyl groups is 1. The van der Waals surface area contributed by atoms with Crippen molar-refractivity contribution in [3.8, 4) is 5.75 Å². The number of nitrogens with one attached hydrogen (secondary N) is 1. The highest BCUT2D eigenvalue weighted by Gasteiger charge is 2.33. The topological polar surface area (TPSA) is 95.9 Å². The van der Waals surface area contributed by atoms with Crippen LogP contribution in [0.15, 0.2) is 18.2 Å². The number of fused-ring (bicyclic) bond motifs is 1. The van der Waals surface area contributed by atoms with Crippen LogP contribution in [-0.4, -0.2) is 48.0 Å². The summed E-state index contributed by atoms with van der Waals surface area (Å²) in [6.45, 7) is 4.52. The number of anilines is 1. The second-order valence-electron chi connectivity index (χ2n) is 5.78. The Morgan fingerprint density at radius 1 is 1.42 bits per heavy atom. The molecule has 2 N–H and O–H groups in total. The molecule has 0 bridgehead atoms. The summed E-state index contributed by atoms with van der Waals surface area (Å²) < 4.78 is 5.54. The smallest absolute Gasteiger partial charge is 0.268 e. The Morgan fingerprint density at radius 3 is 2.71 bits per heavy atom. The van der Waals surface area contributed by atoms with Crippen LogP contribution >= 0.6 is 0 Å². The van der Waals surface area contributed by atoms with Gasteiger partial charge >= 0.3 is 0 Å². The molecule has 0 spiro atoms. The standard InChI is InChI=1S/C17H22N2O5/c1-4-13(9-20)18-16(22)8-19-14-7-12(10(2)21)5-6-15(14)24-11(3)17(19)23/h5-7,11,13,20H,4,8-9H2,1-3H3,(H,18,22). The molecule has 0 saturated carbocycles. The van der Waals surface area contributed by atoms with Crippen LogP contribution in [-0.2, 0) is 9.59 Å². The van der Waals surface area contributed by atoms with Gasteiger partial charge in [-0.2, -0.15) is 0 Å². The van der Waals surface area contributed by atoms with Gasteiger partial charge in [-0.25, -0.2) is 0 Å². The van der Waals surface area contributed by atoms with Gasteiger partial charge in [0.1, 0.15) is 12.3 Å². The molecule has 0 radical (unpaired) electrons. The van der Waals surface area contributed by atoms with Crippen molar-refractivity contribution in [2.45, 2.75) is 39.3 Å². The molecule has 0 saturated heterocycles. The van der Waals surface area contributed by atoms with Gasteiger partial charge in [0.05, 0.1) is 18.3 Å². The van der Waals surface area contributed by atoms with E-state index in [2.05, 4.69) is 5.32 Å². The van der Waals surface area contributed by atoms with E-state index in [4.69, 9.17) is 4.74 Å². The average molecular weight is 334 g/mol. The molecule has 1 aromatic carbocycles. The molecule has 7 nitrogen and oxygen atoms in total. The molecule has 2 unspecified atom stereocenters. The van der Waals surface area contributed by atoms with Crippen LogP contribution < -0.4 is 15.0 Å². The lowest BCUT2D eigenvalue weighted by Gasteiger charge is -2.33. The number of hydrogen-bond donors (Lipinski definition) is 2. The van der Waals surface area contributed by atoms with Crippen molar-refractivity contribution in [2.24, 2.45) is 0 Å². The molecular formula is C17H22N2O5. The maximum Gasteiger partial charge on any atom is 0.268 e. The van der Waals surface area contributed by atoms with Crippen LogP contribution in [0.3, 0.4) is 0 Å². The Balaban J connectivity index is 2.28. The van der Waals surface area contributed by atoms with Gasteiger partial charge in [-0.05, 0) is 38.5 Å². The minimum absolute atomic E-state index is 0.139. The molecule has 2 rings (SSSR count). The fraction of sp³-hybridized carbons (Fsp3) is 0.471. The van der Waals surface area contributed by atoms with Crippen LogP contribution in [0.25, 0.3) is 0 Å². The van der Waals surface area contributed by atoms with Gasteiger partial charge in [-0.3, -0.25) is 19.3 Å². The van der Waals surface area contributed by atoms with E-state index in [0.29, 0.717) is 23.4 Å². The normalized spacial score (nSPS) is 17.8. The zero-order valence-electron chi connectivity index (χ0n) is 14.0. The first-order valence-electron chi connectivity index (χ1n) is 7.90. The first-order chi connectivity index (χ1) is 11.4. The Morgan fingerprint density at radius 2 is 2.12 bits per heavy atom. The summed E-state index contributed by atoms with van der Waals surface area (Å²) in [4.78, 5) is 37.5. The Bertz CT molecular complexity index is 654. The Kier molecular flexibility index (Phi) is 5.56. The van der Waals surface area contributed by atoms with Crippen molar-refractivity contribution in [3.63, 3.8) is 0 Å². The zero-order valence-corrected chi connectivity index (χ0v) is 14.0. The van der Waals surface area contributed by atoms with Crippen LogP contribution in [0, 0.1) is 0 Å². The van der Waals surface area contributed by atoms with E-state index in [9.17, 15) is 19.5 Å². The summed E-state index contributed by atoms with van der Waals surface area (Å²) in [6.07, 6.45) is -0.130. The highest BCUT2D eigenvalue weighted by Crippen LogP contribution is 2.34. The van der Waals surface area contributed by atoms with Gasteiger partial charge in [0.2, 0.25) is 5.91 Å². The van der Waals surface area contributed by atoms with E-state index < -0.39 is 6.10 Å². The molecule has 1 aromatic rings. The molecule has 1 heterocycles. The van der Waals surface area contributed by atoms with Gasteiger partial charge in [0.25, 0.3) is 5.91 Å². The highest BCUT2D eigenvalue weighted by atomic mass is 16.5. The number of ketones is 1. The van der Waals surface area contributed by atoms with Crippen LogP contribution in [0.1, 0.15) is 37.6 Å². The number of carbonyl (C=O) groups is 3. The van der Waals surface area contributed by atoms with Gasteiger partial charge in [-0.1, -0.05) is 6.92 Å². The van der Waals surface area contributed by atoms with Gasteiger partial charge in [-0.15, -0.1) is 0 Å². The number of hydrogen-bond acceptors (Lipinski definition) is 5. The lowest BCUT2D eigenvalue weighted by Crippen LogP contribution is -2.50. The van der Waals surface area contributed by atoms with Crippen LogP contribution in [0.5, 0.6) is 5.75 Å². The third kappa shape index (κ3) is 3.73. The number of aliphatic hydroxyl groups excluding tert-OH is 1. The van der Waals surface area contributed by atoms with Crippen molar-refractivity contribution in [3.05, 3.63) is 23.8 Å². The van der Waals surface area contributed by atoms with E-state index >= 15 is 0 Å². The molecule has 1 aliphatic rings. The number of nitrogens with zero attached hydrogens (tertiary/aromatic N) is 1. The Labute approximate surface area is 140 Å². The van der Waals surface area contributed by atoms with Crippen molar-refractivity contribution >= 4 is 23.3 Å². The van der Waals surface area contributed by atoms with Crippen molar-refractivity contribution in [1.82, 2.24) is 5.32 Å². The number of benzene rings is 1. The van der Waals surface area contributed by atoms with Crippen LogP contribution in [0.2, 0.25) is 0 Å². The first kappa shape index (κ1) is 17.9. The first-order valence-corrected chi connectivity index (χ1v) is 7.90. The summed E-state index contributed by atoms with van der Waals surface area (Å²) in [5.41, 5.74) is 0.838. The fourth-order valence-corrected chi connectivity index (χ4v) is 2.48. The van der Waals surface area contributed by atoms with E-state index in [-0.39, 0.29) is 36.8 Å². The van der Waals surface area contributed by atoms with E-state index in [1.165, 1.54) is 11.8 Å². The highest BCUT2D eigenvalue weighted by molar-refractivity contribution is 6.05. The van der Waals surface area contributed by atoms with Crippen molar-refractivity contribution in [1.29, 1.82) is 0 Å². The quantitative estimate of drug-likeness (QED) is 0.753. The van der Waals surface area contributed by atoms with E-state index in [0.717, 1.165) is 0 Å². The molecule has 2 atom stereocenters. The molecule has 2 amide bonds. The zero-order chi connectivity index (χ0) is 17.9. The monoisotopic (exact) mass is 334 g/mol. The van der Waals surface area contributed by atoms with Crippen molar-refractivity contribution in [2.75, 3.05) is 18.1 Å². The van der Waals surface area contributed by atoms with Crippen molar-refractivity contribution < 1.29 is 24.2 Å². The lowest BCUT2D eigenvalue weighted by molar-refractivity contribution is -0.128. The largest absolute Gasteiger partial charge is 0.479 e. The number of ether oxygens (including phenoxy) is 1. The minimum atomic E-state index is -0.715. The number of Topliss-reactive ketones (excluding diaryl/α,β-unsaturated/α-hetero) is 1. The summed E-state index contributed by atoms with van der Waals surface area (Å²) in [5, 5.41) is 11.9. The number of amides is 2. The molecule has 0 aliphatic carbocycles. The third-order valence-corrected chi connectivity index (χ3v) is 3.95.